The summed E-state index contributed by atoms with van der Waals surface area (Å²) < 4.78 is 2.13. The third-order valence-electron chi connectivity index (χ3n) is 2.58. The second kappa shape index (κ2) is 5.82. The van der Waals surface area contributed by atoms with Gasteiger partial charge in [-0.15, -0.1) is 0 Å². The molecular formula is C12H16ClN5. The van der Waals surface area contributed by atoms with E-state index in [9.17, 15) is 0 Å². The van der Waals surface area contributed by atoms with Gasteiger partial charge in [0.1, 0.15) is 23.0 Å². The number of halogens is 1. The van der Waals surface area contributed by atoms with E-state index in [-0.39, 0.29) is 0 Å². The topological polar surface area (TPSA) is 55.6 Å². The Balaban J connectivity index is 1.93. The molecule has 0 unspecified atom stereocenters. The van der Waals surface area contributed by atoms with Gasteiger partial charge in [-0.2, -0.15) is 0 Å². The zero-order valence-electron chi connectivity index (χ0n) is 10.5. The molecule has 96 valence electrons. The highest BCUT2D eigenvalue weighted by Crippen LogP contribution is 2.16. The van der Waals surface area contributed by atoms with Crippen LogP contribution >= 0.6 is 11.6 Å². The normalized spacial score (nSPS) is 10.9. The summed E-state index contributed by atoms with van der Waals surface area (Å²) in [5, 5.41) is 3.72. The van der Waals surface area contributed by atoms with Gasteiger partial charge in [-0.3, -0.25) is 0 Å². The van der Waals surface area contributed by atoms with Crippen LogP contribution in [0.15, 0.2) is 24.9 Å². The molecular weight excluding hydrogens is 250 g/mol. The Kier molecular flexibility index (Phi) is 4.15. The molecule has 0 aliphatic carbocycles. The molecule has 2 aromatic rings. The van der Waals surface area contributed by atoms with Crippen molar-refractivity contribution in [2.75, 3.05) is 11.9 Å². The lowest BCUT2D eigenvalue weighted by Gasteiger charge is -2.11. The van der Waals surface area contributed by atoms with E-state index in [4.69, 9.17) is 11.6 Å². The number of imidazole rings is 1. The Hall–Kier alpha value is -1.62. The number of anilines is 1. The Labute approximate surface area is 111 Å². The smallest absolute Gasteiger partial charge is 0.148 e. The van der Waals surface area contributed by atoms with Crippen molar-refractivity contribution in [3.8, 4) is 0 Å². The maximum atomic E-state index is 5.96. The van der Waals surface area contributed by atoms with Gasteiger partial charge in [0.15, 0.2) is 0 Å². The first-order chi connectivity index (χ1) is 8.68. The van der Waals surface area contributed by atoms with E-state index in [1.165, 1.54) is 6.33 Å². The number of hydrogen-bond acceptors (Lipinski definition) is 4. The molecule has 0 amide bonds. The third-order valence-corrected chi connectivity index (χ3v) is 2.85. The van der Waals surface area contributed by atoms with E-state index < -0.39 is 0 Å². The van der Waals surface area contributed by atoms with Gasteiger partial charge in [-0.25, -0.2) is 15.0 Å². The van der Waals surface area contributed by atoms with Crippen molar-refractivity contribution in [1.29, 1.82) is 0 Å². The monoisotopic (exact) mass is 265 g/mol. The minimum absolute atomic E-state index is 0.419. The largest absolute Gasteiger partial charge is 0.367 e. The summed E-state index contributed by atoms with van der Waals surface area (Å²) in [5.41, 5.74) is 0. The van der Waals surface area contributed by atoms with Gasteiger partial charge < -0.3 is 9.88 Å². The average Bonchev–Trinajstić information content (AvgIpc) is 2.80. The van der Waals surface area contributed by atoms with Crippen LogP contribution in [-0.2, 0) is 6.54 Å². The molecule has 2 heterocycles. The van der Waals surface area contributed by atoms with Crippen LogP contribution in [0.1, 0.15) is 25.6 Å². The molecule has 0 spiro atoms. The van der Waals surface area contributed by atoms with Crippen LogP contribution in [-0.4, -0.2) is 26.1 Å². The van der Waals surface area contributed by atoms with Gasteiger partial charge in [-0.05, 0) is 0 Å². The molecule has 0 fully saturated rings. The van der Waals surface area contributed by atoms with Gasteiger partial charge in [-0.1, -0.05) is 25.4 Å². The fourth-order valence-electron chi connectivity index (χ4n) is 1.75. The molecule has 0 aromatic carbocycles. The molecule has 2 rings (SSSR count). The number of nitrogens with one attached hydrogen (secondary N) is 1. The van der Waals surface area contributed by atoms with Crippen molar-refractivity contribution in [2.24, 2.45) is 0 Å². The second-order valence-corrected chi connectivity index (χ2v) is 4.69. The molecule has 0 saturated heterocycles. The summed E-state index contributed by atoms with van der Waals surface area (Å²) in [5.74, 6) is 2.17. The van der Waals surface area contributed by atoms with E-state index in [1.54, 1.807) is 6.20 Å². The zero-order valence-corrected chi connectivity index (χ0v) is 11.2. The first kappa shape index (κ1) is 12.8. The van der Waals surface area contributed by atoms with E-state index in [2.05, 4.69) is 38.7 Å². The van der Waals surface area contributed by atoms with E-state index in [1.807, 2.05) is 12.4 Å². The van der Waals surface area contributed by atoms with Crippen molar-refractivity contribution in [3.05, 3.63) is 35.8 Å². The maximum Gasteiger partial charge on any atom is 0.148 e. The lowest BCUT2D eigenvalue weighted by molar-refractivity contribution is 0.636. The molecule has 0 atom stereocenters. The van der Waals surface area contributed by atoms with Crippen molar-refractivity contribution >= 4 is 17.4 Å². The summed E-state index contributed by atoms with van der Waals surface area (Å²) in [7, 11) is 0. The maximum absolute atomic E-state index is 5.96. The average molecular weight is 266 g/mol. The van der Waals surface area contributed by atoms with Crippen LogP contribution < -0.4 is 5.32 Å². The molecule has 18 heavy (non-hydrogen) atoms. The standard InChI is InChI=1S/C12H16ClN5/c1-9(2)12-16-4-6-18(12)5-3-15-11-10(13)7-14-8-17-11/h4,6-9H,3,5H2,1-2H3,(H,14,15,17). The lowest BCUT2D eigenvalue weighted by Crippen LogP contribution is -2.14. The van der Waals surface area contributed by atoms with Crippen LogP contribution in [0.4, 0.5) is 5.82 Å². The first-order valence-electron chi connectivity index (χ1n) is 5.89. The predicted octanol–water partition coefficient (Wildman–Crippen LogP) is 2.56. The van der Waals surface area contributed by atoms with Crippen LogP contribution in [0.25, 0.3) is 0 Å². The number of hydrogen-bond donors (Lipinski definition) is 1. The zero-order chi connectivity index (χ0) is 13.0. The lowest BCUT2D eigenvalue weighted by atomic mass is 10.2. The second-order valence-electron chi connectivity index (χ2n) is 4.28. The minimum atomic E-state index is 0.419. The van der Waals surface area contributed by atoms with Gasteiger partial charge in [0.25, 0.3) is 0 Å². The molecule has 5 nitrogen and oxygen atoms in total. The van der Waals surface area contributed by atoms with Gasteiger partial charge in [0.2, 0.25) is 0 Å². The van der Waals surface area contributed by atoms with Gasteiger partial charge in [0.05, 0.1) is 6.20 Å². The van der Waals surface area contributed by atoms with E-state index in [0.29, 0.717) is 16.8 Å². The molecule has 0 radical (unpaired) electrons. The first-order valence-corrected chi connectivity index (χ1v) is 6.26. The van der Waals surface area contributed by atoms with Crippen molar-refractivity contribution in [3.63, 3.8) is 0 Å². The van der Waals surface area contributed by atoms with Crippen molar-refractivity contribution < 1.29 is 0 Å². The highest BCUT2D eigenvalue weighted by Gasteiger charge is 2.06. The number of rotatable bonds is 5. The summed E-state index contributed by atoms with van der Waals surface area (Å²) in [6, 6.07) is 0. The third kappa shape index (κ3) is 2.98. The van der Waals surface area contributed by atoms with E-state index in [0.717, 1.165) is 18.9 Å². The summed E-state index contributed by atoms with van der Waals surface area (Å²) >= 11 is 5.96. The number of nitrogens with zero attached hydrogens (tertiary/aromatic N) is 4. The van der Waals surface area contributed by atoms with Crippen LogP contribution in [0.5, 0.6) is 0 Å². The Bertz CT molecular complexity index is 509. The molecule has 0 saturated carbocycles. The summed E-state index contributed by atoms with van der Waals surface area (Å²) in [4.78, 5) is 12.3. The Morgan fingerprint density at radius 2 is 2.22 bits per heavy atom. The summed E-state index contributed by atoms with van der Waals surface area (Å²) in [6.07, 6.45) is 6.87. The molecule has 0 bridgehead atoms. The quantitative estimate of drug-likeness (QED) is 0.903. The van der Waals surface area contributed by atoms with Gasteiger partial charge in [0, 0.05) is 31.4 Å². The molecule has 0 aliphatic heterocycles. The molecule has 2 aromatic heterocycles. The number of aromatic nitrogens is 4. The van der Waals surface area contributed by atoms with E-state index >= 15 is 0 Å². The molecule has 0 aliphatic rings. The fraction of sp³-hybridized carbons (Fsp3) is 0.417. The molecule has 1 N–H and O–H groups in total. The fourth-order valence-corrected chi connectivity index (χ4v) is 1.92. The minimum Gasteiger partial charge on any atom is -0.367 e. The van der Waals surface area contributed by atoms with Crippen LogP contribution in [0.2, 0.25) is 5.02 Å². The molecule has 6 heteroatoms. The Morgan fingerprint density at radius 1 is 1.39 bits per heavy atom. The Morgan fingerprint density at radius 3 is 2.94 bits per heavy atom. The van der Waals surface area contributed by atoms with Crippen molar-refractivity contribution in [1.82, 2.24) is 19.5 Å². The highest BCUT2D eigenvalue weighted by molar-refractivity contribution is 6.32. The highest BCUT2D eigenvalue weighted by atomic mass is 35.5. The van der Waals surface area contributed by atoms with Gasteiger partial charge >= 0.3 is 0 Å². The van der Waals surface area contributed by atoms with Crippen LogP contribution in [0, 0.1) is 0 Å². The predicted molar refractivity (Wildman–Crippen MR) is 71.8 cm³/mol. The summed E-state index contributed by atoms with van der Waals surface area (Å²) in [6.45, 7) is 5.84. The van der Waals surface area contributed by atoms with Crippen molar-refractivity contribution in [2.45, 2.75) is 26.3 Å². The SMILES string of the molecule is CC(C)c1nccn1CCNc1ncncc1Cl. The van der Waals surface area contributed by atoms with Crippen LogP contribution in [0.3, 0.4) is 0 Å².